The van der Waals surface area contributed by atoms with Gasteiger partial charge >= 0.3 is 0 Å². The van der Waals surface area contributed by atoms with Gasteiger partial charge in [0, 0.05) is 11.1 Å². The standard InChI is InChI=1S/C20H21FN2O3.ClH/c21-17-7-5-16(6-8-17)19-23-18(11-26-19)15-3-1-14(2-4-15)9-10-20(22,12-24)13-25;/h1-8,11,24-25H,9-10,12-13,22H2;1H. The highest BCUT2D eigenvalue weighted by molar-refractivity contribution is 5.85. The van der Waals surface area contributed by atoms with E-state index in [1.807, 2.05) is 24.3 Å². The molecule has 5 nitrogen and oxygen atoms in total. The van der Waals surface area contributed by atoms with Crippen LogP contribution in [0.25, 0.3) is 22.7 Å². The zero-order chi connectivity index (χ0) is 18.6. The van der Waals surface area contributed by atoms with Gasteiger partial charge in [0.1, 0.15) is 17.8 Å². The van der Waals surface area contributed by atoms with Gasteiger partial charge in [-0.1, -0.05) is 24.3 Å². The van der Waals surface area contributed by atoms with Gasteiger partial charge in [-0.3, -0.25) is 0 Å². The first-order chi connectivity index (χ1) is 12.5. The van der Waals surface area contributed by atoms with Crippen molar-refractivity contribution in [1.82, 2.24) is 4.98 Å². The van der Waals surface area contributed by atoms with E-state index in [0.29, 0.717) is 30.0 Å². The number of nitrogens with zero attached hydrogens (tertiary/aromatic N) is 1. The van der Waals surface area contributed by atoms with E-state index in [1.165, 1.54) is 12.1 Å². The predicted octanol–water partition coefficient (Wildman–Crippen LogP) is 3.18. The quantitative estimate of drug-likeness (QED) is 0.574. The first-order valence-corrected chi connectivity index (χ1v) is 8.34. The fourth-order valence-corrected chi connectivity index (χ4v) is 2.57. The topological polar surface area (TPSA) is 92.5 Å². The van der Waals surface area contributed by atoms with E-state index in [2.05, 4.69) is 4.98 Å². The Morgan fingerprint density at radius 3 is 2.15 bits per heavy atom. The average Bonchev–Trinajstić information content (AvgIpc) is 3.17. The van der Waals surface area contributed by atoms with Crippen LogP contribution in [0.5, 0.6) is 0 Å². The molecule has 27 heavy (non-hydrogen) atoms. The molecule has 0 atom stereocenters. The van der Waals surface area contributed by atoms with Gasteiger partial charge in [0.2, 0.25) is 5.89 Å². The molecule has 0 spiro atoms. The number of hydrogen-bond donors (Lipinski definition) is 3. The summed E-state index contributed by atoms with van der Waals surface area (Å²) in [6, 6.07) is 13.7. The van der Waals surface area contributed by atoms with E-state index in [1.54, 1.807) is 18.4 Å². The lowest BCUT2D eigenvalue weighted by atomic mass is 9.93. The van der Waals surface area contributed by atoms with Crippen molar-refractivity contribution in [1.29, 1.82) is 0 Å². The SMILES string of the molecule is Cl.NC(CO)(CO)CCc1ccc(-c2coc(-c3ccc(F)cc3)n2)cc1. The molecule has 0 bridgehead atoms. The van der Waals surface area contributed by atoms with Crippen LogP contribution in [0, 0.1) is 5.82 Å². The van der Waals surface area contributed by atoms with Crippen LogP contribution < -0.4 is 5.73 Å². The molecule has 0 unspecified atom stereocenters. The first kappa shape index (κ1) is 21.1. The third-order valence-electron chi connectivity index (χ3n) is 4.39. The molecule has 0 aliphatic rings. The Hall–Kier alpha value is -2.25. The van der Waals surface area contributed by atoms with Crippen molar-refractivity contribution in [2.45, 2.75) is 18.4 Å². The minimum absolute atomic E-state index is 0. The lowest BCUT2D eigenvalue weighted by Gasteiger charge is -2.24. The van der Waals surface area contributed by atoms with Crippen LogP contribution in [0.3, 0.4) is 0 Å². The number of benzene rings is 2. The monoisotopic (exact) mass is 392 g/mol. The number of aryl methyl sites for hydroxylation is 1. The molecule has 4 N–H and O–H groups in total. The van der Waals surface area contributed by atoms with Crippen LogP contribution in [0.2, 0.25) is 0 Å². The number of hydrogen-bond acceptors (Lipinski definition) is 5. The van der Waals surface area contributed by atoms with Crippen LogP contribution in [0.4, 0.5) is 4.39 Å². The van der Waals surface area contributed by atoms with Gasteiger partial charge in [0.15, 0.2) is 0 Å². The van der Waals surface area contributed by atoms with E-state index < -0.39 is 5.54 Å². The highest BCUT2D eigenvalue weighted by Crippen LogP contribution is 2.25. The van der Waals surface area contributed by atoms with E-state index >= 15 is 0 Å². The van der Waals surface area contributed by atoms with Crippen molar-refractivity contribution in [2.24, 2.45) is 5.73 Å². The second-order valence-corrected chi connectivity index (χ2v) is 6.42. The summed E-state index contributed by atoms with van der Waals surface area (Å²) in [5, 5.41) is 18.5. The third-order valence-corrected chi connectivity index (χ3v) is 4.39. The Morgan fingerprint density at radius 1 is 0.963 bits per heavy atom. The molecule has 7 heteroatoms. The number of nitrogens with two attached hydrogens (primary N) is 1. The van der Waals surface area contributed by atoms with Crippen molar-refractivity contribution >= 4 is 12.4 Å². The fraction of sp³-hybridized carbons (Fsp3) is 0.250. The summed E-state index contributed by atoms with van der Waals surface area (Å²) in [5.41, 5.74) is 8.27. The molecule has 0 fully saturated rings. The minimum Gasteiger partial charge on any atom is -0.444 e. The van der Waals surface area contributed by atoms with E-state index in [0.717, 1.165) is 11.1 Å². The molecule has 0 saturated carbocycles. The molecule has 0 amide bonds. The zero-order valence-corrected chi connectivity index (χ0v) is 15.5. The lowest BCUT2D eigenvalue weighted by Crippen LogP contribution is -2.47. The Kier molecular flexibility index (Phi) is 7.10. The Bertz CT molecular complexity index is 846. The van der Waals surface area contributed by atoms with Gasteiger partial charge < -0.3 is 20.4 Å². The Morgan fingerprint density at radius 2 is 1.56 bits per heavy atom. The summed E-state index contributed by atoms with van der Waals surface area (Å²) < 4.78 is 18.5. The third kappa shape index (κ3) is 5.14. The summed E-state index contributed by atoms with van der Waals surface area (Å²) in [6.45, 7) is -0.515. The number of aliphatic hydroxyl groups excluding tert-OH is 2. The minimum atomic E-state index is -0.963. The summed E-state index contributed by atoms with van der Waals surface area (Å²) >= 11 is 0. The lowest BCUT2D eigenvalue weighted by molar-refractivity contribution is 0.115. The van der Waals surface area contributed by atoms with Crippen LogP contribution in [-0.4, -0.2) is 33.9 Å². The Balaban J connectivity index is 0.00000261. The molecule has 0 saturated heterocycles. The molecular formula is C20H22ClFN2O3. The summed E-state index contributed by atoms with van der Waals surface area (Å²) in [4.78, 5) is 4.45. The number of oxazole rings is 1. The fourth-order valence-electron chi connectivity index (χ4n) is 2.57. The highest BCUT2D eigenvalue weighted by Gasteiger charge is 2.22. The van der Waals surface area contributed by atoms with Crippen molar-refractivity contribution in [2.75, 3.05) is 13.2 Å². The largest absolute Gasteiger partial charge is 0.444 e. The normalized spacial score (nSPS) is 11.3. The molecule has 0 aliphatic carbocycles. The van der Waals surface area contributed by atoms with Gasteiger partial charge in [-0.15, -0.1) is 12.4 Å². The van der Waals surface area contributed by atoms with Crippen molar-refractivity contribution < 1.29 is 19.0 Å². The summed E-state index contributed by atoms with van der Waals surface area (Å²) in [6.07, 6.45) is 2.70. The maximum absolute atomic E-state index is 13.0. The summed E-state index contributed by atoms with van der Waals surface area (Å²) in [7, 11) is 0. The number of aromatic nitrogens is 1. The summed E-state index contributed by atoms with van der Waals surface area (Å²) in [5.74, 6) is 0.128. The second kappa shape index (κ2) is 9.10. The van der Waals surface area contributed by atoms with Gasteiger partial charge in [0.05, 0.1) is 18.8 Å². The van der Waals surface area contributed by atoms with Crippen molar-refractivity contribution in [3.05, 3.63) is 66.2 Å². The molecule has 1 aromatic heterocycles. The van der Waals surface area contributed by atoms with Gasteiger partial charge in [0.25, 0.3) is 0 Å². The number of aliphatic hydroxyl groups is 2. The zero-order valence-electron chi connectivity index (χ0n) is 14.6. The van der Waals surface area contributed by atoms with Crippen molar-refractivity contribution in [3.8, 4) is 22.7 Å². The van der Waals surface area contributed by atoms with E-state index in [4.69, 9.17) is 10.2 Å². The maximum Gasteiger partial charge on any atom is 0.226 e. The molecule has 0 aliphatic heterocycles. The van der Waals surface area contributed by atoms with Crippen LogP contribution in [-0.2, 0) is 6.42 Å². The molecule has 144 valence electrons. The van der Waals surface area contributed by atoms with E-state index in [-0.39, 0.29) is 31.4 Å². The van der Waals surface area contributed by atoms with E-state index in [9.17, 15) is 14.6 Å². The maximum atomic E-state index is 13.0. The van der Waals surface area contributed by atoms with Gasteiger partial charge in [-0.05, 0) is 42.7 Å². The van der Waals surface area contributed by atoms with Crippen LogP contribution >= 0.6 is 12.4 Å². The molecule has 3 aromatic rings. The van der Waals surface area contributed by atoms with Crippen LogP contribution in [0.15, 0.2) is 59.2 Å². The molecular weight excluding hydrogens is 371 g/mol. The average molecular weight is 393 g/mol. The Labute approximate surface area is 163 Å². The first-order valence-electron chi connectivity index (χ1n) is 8.34. The molecule has 3 rings (SSSR count). The molecule has 1 heterocycles. The van der Waals surface area contributed by atoms with Gasteiger partial charge in [-0.2, -0.15) is 0 Å². The van der Waals surface area contributed by atoms with Gasteiger partial charge in [-0.25, -0.2) is 9.37 Å². The van der Waals surface area contributed by atoms with Crippen molar-refractivity contribution in [3.63, 3.8) is 0 Å². The van der Waals surface area contributed by atoms with Crippen LogP contribution in [0.1, 0.15) is 12.0 Å². The highest BCUT2D eigenvalue weighted by atomic mass is 35.5. The molecule has 0 radical (unpaired) electrons. The second-order valence-electron chi connectivity index (χ2n) is 6.42. The molecule has 2 aromatic carbocycles. The smallest absolute Gasteiger partial charge is 0.226 e. The number of halogens is 2. The predicted molar refractivity (Wildman–Crippen MR) is 104 cm³/mol. The number of rotatable bonds is 7.